The summed E-state index contributed by atoms with van der Waals surface area (Å²) < 4.78 is 15.5. The fraction of sp³-hybridized carbons (Fsp3) is 0.238. The van der Waals surface area contributed by atoms with E-state index >= 15 is 0 Å². The Morgan fingerprint density at radius 2 is 2.00 bits per heavy atom. The Labute approximate surface area is 172 Å². The number of carbonyl (C=O) groups is 1. The van der Waals surface area contributed by atoms with E-state index in [9.17, 15) is 9.18 Å². The second-order valence-electron chi connectivity index (χ2n) is 6.89. The first-order chi connectivity index (χ1) is 13.5. The van der Waals surface area contributed by atoms with Gasteiger partial charge in [-0.2, -0.15) is 0 Å². The van der Waals surface area contributed by atoms with Gasteiger partial charge in [-0.05, 0) is 48.7 Å². The summed E-state index contributed by atoms with van der Waals surface area (Å²) >= 11 is 12.1. The molecule has 0 atom stereocenters. The van der Waals surface area contributed by atoms with Gasteiger partial charge in [0.15, 0.2) is 0 Å². The molecule has 1 aliphatic rings. The normalized spacial score (nSPS) is 13.5. The number of nitrogens with zero attached hydrogens (tertiary/aromatic N) is 3. The van der Waals surface area contributed by atoms with Gasteiger partial charge in [-0.15, -0.1) is 0 Å². The van der Waals surface area contributed by atoms with Gasteiger partial charge < -0.3 is 9.47 Å². The Morgan fingerprint density at radius 1 is 1.18 bits per heavy atom. The zero-order chi connectivity index (χ0) is 19.7. The van der Waals surface area contributed by atoms with Crippen LogP contribution in [0, 0.1) is 5.82 Å². The molecule has 3 aromatic rings. The molecule has 0 N–H and O–H groups in total. The van der Waals surface area contributed by atoms with E-state index in [0.717, 1.165) is 24.2 Å². The van der Waals surface area contributed by atoms with E-state index in [1.165, 1.54) is 12.1 Å². The molecule has 7 heteroatoms. The van der Waals surface area contributed by atoms with Crippen LogP contribution in [0.2, 0.25) is 10.0 Å². The summed E-state index contributed by atoms with van der Waals surface area (Å²) in [5.74, 6) is 0.177. The van der Waals surface area contributed by atoms with Crippen LogP contribution >= 0.6 is 23.2 Å². The van der Waals surface area contributed by atoms with Gasteiger partial charge in [0.25, 0.3) is 5.91 Å². The maximum atomic E-state index is 13.5. The molecule has 1 amide bonds. The predicted molar refractivity (Wildman–Crippen MR) is 107 cm³/mol. The van der Waals surface area contributed by atoms with Crippen molar-refractivity contribution in [3.63, 3.8) is 0 Å². The lowest BCUT2D eigenvalue weighted by Crippen LogP contribution is -2.33. The summed E-state index contributed by atoms with van der Waals surface area (Å²) in [6, 6.07) is 11.5. The van der Waals surface area contributed by atoms with E-state index < -0.39 is 5.82 Å². The average molecular weight is 418 g/mol. The van der Waals surface area contributed by atoms with Crippen LogP contribution in [0.1, 0.15) is 34.6 Å². The van der Waals surface area contributed by atoms with Gasteiger partial charge in [0.2, 0.25) is 0 Å². The first kappa shape index (κ1) is 19.0. The average Bonchev–Trinajstić information content (AvgIpc) is 3.43. The molecule has 0 radical (unpaired) electrons. The second kappa shape index (κ2) is 7.94. The van der Waals surface area contributed by atoms with Gasteiger partial charge in [-0.25, -0.2) is 9.37 Å². The molecular formula is C21H18Cl2FN3O. The maximum Gasteiger partial charge on any atom is 0.254 e. The molecule has 1 saturated carbocycles. The van der Waals surface area contributed by atoms with Crippen molar-refractivity contribution in [3.05, 3.63) is 87.7 Å². The predicted octanol–water partition coefficient (Wildman–Crippen LogP) is 5.18. The lowest BCUT2D eigenvalue weighted by Gasteiger charge is -2.23. The number of hydrogen-bond acceptors (Lipinski definition) is 2. The fourth-order valence-corrected chi connectivity index (χ4v) is 3.48. The van der Waals surface area contributed by atoms with Crippen LogP contribution in [0.3, 0.4) is 0 Å². The van der Waals surface area contributed by atoms with E-state index in [0.29, 0.717) is 28.7 Å². The number of aromatic nitrogens is 2. The fourth-order valence-electron chi connectivity index (χ4n) is 3.16. The van der Waals surface area contributed by atoms with E-state index in [1.54, 1.807) is 29.3 Å². The standard InChI is InChI=1S/C21H18Cl2FN3O/c22-18-7-4-14(10-19(18)23)12-26-9-8-25-20(26)13-27(17-5-6-17)21(28)15-2-1-3-16(24)11-15/h1-4,7-11,17H,5-6,12-13H2. The van der Waals surface area contributed by atoms with Crippen LogP contribution in [0.15, 0.2) is 54.9 Å². The molecule has 0 spiro atoms. The molecule has 144 valence electrons. The molecule has 1 fully saturated rings. The van der Waals surface area contributed by atoms with Crippen molar-refractivity contribution in [1.29, 1.82) is 0 Å². The van der Waals surface area contributed by atoms with Crippen LogP contribution < -0.4 is 0 Å². The summed E-state index contributed by atoms with van der Waals surface area (Å²) in [5.41, 5.74) is 1.34. The van der Waals surface area contributed by atoms with Crippen LogP contribution in [0.4, 0.5) is 4.39 Å². The van der Waals surface area contributed by atoms with Gasteiger partial charge in [-0.3, -0.25) is 4.79 Å². The summed E-state index contributed by atoms with van der Waals surface area (Å²) in [6.07, 6.45) is 5.49. The minimum Gasteiger partial charge on any atom is -0.329 e. The highest BCUT2D eigenvalue weighted by molar-refractivity contribution is 6.42. The molecule has 2 aromatic carbocycles. The van der Waals surface area contributed by atoms with Crippen LogP contribution in [0.25, 0.3) is 0 Å². The lowest BCUT2D eigenvalue weighted by molar-refractivity contribution is 0.0723. The molecular weight excluding hydrogens is 400 g/mol. The Hall–Kier alpha value is -2.37. The number of amides is 1. The first-order valence-corrected chi connectivity index (χ1v) is 9.77. The third-order valence-electron chi connectivity index (χ3n) is 4.77. The third-order valence-corrected chi connectivity index (χ3v) is 5.51. The molecule has 28 heavy (non-hydrogen) atoms. The highest BCUT2D eigenvalue weighted by Crippen LogP contribution is 2.30. The van der Waals surface area contributed by atoms with Crippen molar-refractivity contribution in [2.45, 2.75) is 32.0 Å². The zero-order valence-electron chi connectivity index (χ0n) is 15.0. The zero-order valence-corrected chi connectivity index (χ0v) is 16.5. The van der Waals surface area contributed by atoms with Crippen LogP contribution in [0.5, 0.6) is 0 Å². The smallest absolute Gasteiger partial charge is 0.254 e. The van der Waals surface area contributed by atoms with Crippen molar-refractivity contribution in [2.24, 2.45) is 0 Å². The van der Waals surface area contributed by atoms with E-state index in [1.807, 2.05) is 22.9 Å². The number of hydrogen-bond donors (Lipinski definition) is 0. The monoisotopic (exact) mass is 417 g/mol. The Bertz CT molecular complexity index is 1020. The molecule has 0 bridgehead atoms. The molecule has 1 heterocycles. The summed E-state index contributed by atoms with van der Waals surface area (Å²) in [4.78, 5) is 19.2. The van der Waals surface area contributed by atoms with Gasteiger partial charge in [-0.1, -0.05) is 35.3 Å². The van der Waals surface area contributed by atoms with Crippen molar-refractivity contribution in [3.8, 4) is 0 Å². The van der Waals surface area contributed by atoms with E-state index in [4.69, 9.17) is 23.2 Å². The minimum atomic E-state index is -0.414. The van der Waals surface area contributed by atoms with E-state index in [-0.39, 0.29) is 11.9 Å². The number of imidazole rings is 1. The van der Waals surface area contributed by atoms with Crippen molar-refractivity contribution >= 4 is 29.1 Å². The summed E-state index contributed by atoms with van der Waals surface area (Å²) in [5, 5.41) is 1.01. The van der Waals surface area contributed by atoms with Crippen molar-refractivity contribution in [1.82, 2.24) is 14.5 Å². The number of halogens is 3. The topological polar surface area (TPSA) is 38.1 Å². The highest BCUT2D eigenvalue weighted by atomic mass is 35.5. The van der Waals surface area contributed by atoms with Gasteiger partial charge in [0.05, 0.1) is 16.6 Å². The summed E-state index contributed by atoms with van der Waals surface area (Å²) in [7, 11) is 0. The molecule has 0 saturated heterocycles. The Balaban J connectivity index is 1.55. The summed E-state index contributed by atoms with van der Waals surface area (Å²) in [6.45, 7) is 0.938. The SMILES string of the molecule is O=C(c1cccc(F)c1)N(Cc1nccn1Cc1ccc(Cl)c(Cl)c1)C1CC1. The quantitative estimate of drug-likeness (QED) is 0.553. The van der Waals surface area contributed by atoms with Crippen LogP contribution in [-0.2, 0) is 13.1 Å². The lowest BCUT2D eigenvalue weighted by atomic mass is 10.2. The third kappa shape index (κ3) is 4.21. The van der Waals surface area contributed by atoms with Crippen molar-refractivity contribution < 1.29 is 9.18 Å². The van der Waals surface area contributed by atoms with Gasteiger partial charge in [0, 0.05) is 30.5 Å². The highest BCUT2D eigenvalue weighted by Gasteiger charge is 2.34. The Kier molecular flexibility index (Phi) is 5.38. The second-order valence-corrected chi connectivity index (χ2v) is 7.71. The van der Waals surface area contributed by atoms with Gasteiger partial charge >= 0.3 is 0 Å². The first-order valence-electron chi connectivity index (χ1n) is 9.02. The van der Waals surface area contributed by atoms with Crippen LogP contribution in [-0.4, -0.2) is 26.4 Å². The minimum absolute atomic E-state index is 0.172. The van der Waals surface area contributed by atoms with E-state index in [2.05, 4.69) is 4.98 Å². The molecule has 1 aliphatic carbocycles. The maximum absolute atomic E-state index is 13.5. The van der Waals surface area contributed by atoms with Gasteiger partial charge in [0.1, 0.15) is 11.6 Å². The molecule has 0 aliphatic heterocycles. The molecule has 0 unspecified atom stereocenters. The van der Waals surface area contributed by atoms with Crippen molar-refractivity contribution in [2.75, 3.05) is 0 Å². The molecule has 4 nitrogen and oxygen atoms in total. The number of rotatable bonds is 6. The molecule has 4 rings (SSSR count). The molecule has 1 aromatic heterocycles. The number of benzene rings is 2. The largest absolute Gasteiger partial charge is 0.329 e. The number of carbonyl (C=O) groups excluding carboxylic acids is 1. The Morgan fingerprint density at radius 3 is 2.71 bits per heavy atom.